The fourth-order valence-electron chi connectivity index (χ4n) is 0.826. The van der Waals surface area contributed by atoms with Gasteiger partial charge in [0.1, 0.15) is 0 Å². The van der Waals surface area contributed by atoms with Crippen molar-refractivity contribution in [2.45, 2.75) is 6.42 Å². The molecule has 4 heteroatoms. The van der Waals surface area contributed by atoms with Crippen LogP contribution in [0.25, 0.3) is 0 Å². The summed E-state index contributed by atoms with van der Waals surface area (Å²) in [6.45, 7) is 0.717. The Morgan fingerprint density at radius 2 is 2.42 bits per heavy atom. The first-order valence-electron chi connectivity index (χ1n) is 3.67. The molecule has 0 aliphatic heterocycles. The number of halogens is 1. The Morgan fingerprint density at radius 1 is 1.67 bits per heavy atom. The molecule has 1 aromatic heterocycles. The lowest BCUT2D eigenvalue weighted by Gasteiger charge is -1.95. The minimum absolute atomic E-state index is 0.154. The summed E-state index contributed by atoms with van der Waals surface area (Å²) in [6, 6.07) is 3.52. The largest absolute Gasteiger partial charge is 0.319 e. The van der Waals surface area contributed by atoms with Crippen LogP contribution in [0.3, 0.4) is 0 Å². The average Bonchev–Trinajstić information content (AvgIpc) is 2.47. The van der Waals surface area contributed by atoms with E-state index in [-0.39, 0.29) is 5.78 Å². The fourth-order valence-corrected chi connectivity index (χ4v) is 1.84. The fraction of sp³-hybridized carbons (Fsp3) is 0.375. The minimum Gasteiger partial charge on any atom is -0.319 e. The van der Waals surface area contributed by atoms with Crippen LogP contribution in [0.2, 0.25) is 4.34 Å². The monoisotopic (exact) mass is 203 g/mol. The van der Waals surface area contributed by atoms with E-state index in [2.05, 4.69) is 5.32 Å². The van der Waals surface area contributed by atoms with E-state index >= 15 is 0 Å². The SMILES string of the molecule is CNCCC(=O)c1ccc(Cl)s1. The van der Waals surface area contributed by atoms with Crippen molar-refractivity contribution in [3.8, 4) is 0 Å². The van der Waals surface area contributed by atoms with Gasteiger partial charge < -0.3 is 5.32 Å². The van der Waals surface area contributed by atoms with Gasteiger partial charge in [0.05, 0.1) is 9.21 Å². The van der Waals surface area contributed by atoms with Crippen LogP contribution in [0.15, 0.2) is 12.1 Å². The molecular formula is C8H10ClNOS. The highest BCUT2D eigenvalue weighted by Gasteiger charge is 2.06. The van der Waals surface area contributed by atoms with Crippen LogP contribution in [-0.2, 0) is 0 Å². The predicted molar refractivity (Wildman–Crippen MR) is 52.2 cm³/mol. The first-order valence-corrected chi connectivity index (χ1v) is 4.86. The Balaban J connectivity index is 2.53. The predicted octanol–water partition coefficient (Wildman–Crippen LogP) is 2.19. The minimum atomic E-state index is 0.154. The molecule has 1 rings (SSSR count). The van der Waals surface area contributed by atoms with Gasteiger partial charge >= 0.3 is 0 Å². The van der Waals surface area contributed by atoms with Crippen molar-refractivity contribution < 1.29 is 4.79 Å². The molecule has 0 saturated heterocycles. The van der Waals surface area contributed by atoms with Crippen molar-refractivity contribution >= 4 is 28.7 Å². The normalized spacial score (nSPS) is 10.2. The van der Waals surface area contributed by atoms with E-state index in [4.69, 9.17) is 11.6 Å². The van der Waals surface area contributed by atoms with Gasteiger partial charge in [0.2, 0.25) is 0 Å². The van der Waals surface area contributed by atoms with Gasteiger partial charge in [-0.15, -0.1) is 11.3 Å². The molecule has 2 nitrogen and oxygen atoms in total. The molecule has 1 N–H and O–H groups in total. The highest BCUT2D eigenvalue weighted by Crippen LogP contribution is 2.22. The molecule has 0 amide bonds. The summed E-state index contributed by atoms with van der Waals surface area (Å²) >= 11 is 7.02. The number of nitrogens with one attached hydrogen (secondary N) is 1. The molecule has 0 atom stereocenters. The number of carbonyl (C=O) groups is 1. The smallest absolute Gasteiger partial charge is 0.174 e. The summed E-state index contributed by atoms with van der Waals surface area (Å²) in [5, 5.41) is 2.93. The molecule has 0 aliphatic carbocycles. The number of hydrogen-bond donors (Lipinski definition) is 1. The summed E-state index contributed by atoms with van der Waals surface area (Å²) in [7, 11) is 1.83. The third kappa shape index (κ3) is 2.59. The van der Waals surface area contributed by atoms with Crippen LogP contribution in [0.1, 0.15) is 16.1 Å². The van der Waals surface area contributed by atoms with Crippen LogP contribution >= 0.6 is 22.9 Å². The van der Waals surface area contributed by atoms with Crippen molar-refractivity contribution in [2.24, 2.45) is 0 Å². The van der Waals surface area contributed by atoms with E-state index in [0.29, 0.717) is 17.3 Å². The second kappa shape index (κ2) is 4.60. The van der Waals surface area contributed by atoms with Gasteiger partial charge in [0.15, 0.2) is 5.78 Å². The van der Waals surface area contributed by atoms with Crippen LogP contribution in [-0.4, -0.2) is 19.4 Å². The summed E-state index contributed by atoms with van der Waals surface area (Å²) in [5.74, 6) is 0.154. The van der Waals surface area contributed by atoms with Crippen molar-refractivity contribution in [1.29, 1.82) is 0 Å². The maximum atomic E-state index is 11.3. The number of carbonyl (C=O) groups excluding carboxylic acids is 1. The van der Waals surface area contributed by atoms with Gasteiger partial charge in [-0.25, -0.2) is 0 Å². The van der Waals surface area contributed by atoms with Crippen LogP contribution in [0, 0.1) is 0 Å². The van der Waals surface area contributed by atoms with E-state index in [9.17, 15) is 4.79 Å². The van der Waals surface area contributed by atoms with Gasteiger partial charge in [-0.3, -0.25) is 4.79 Å². The molecule has 12 heavy (non-hydrogen) atoms. The summed E-state index contributed by atoms with van der Waals surface area (Å²) < 4.78 is 0.669. The third-order valence-corrected chi connectivity index (χ3v) is 2.72. The molecule has 0 unspecified atom stereocenters. The number of thiophene rings is 1. The van der Waals surface area contributed by atoms with E-state index in [0.717, 1.165) is 4.88 Å². The Hall–Kier alpha value is -0.380. The van der Waals surface area contributed by atoms with Crippen LogP contribution in [0.4, 0.5) is 0 Å². The summed E-state index contributed by atoms with van der Waals surface area (Å²) in [6.07, 6.45) is 0.535. The Labute approximate surface area is 80.5 Å². The molecule has 0 bridgehead atoms. The molecule has 1 heterocycles. The Bertz CT molecular complexity index is 272. The molecule has 0 fully saturated rings. The molecule has 0 saturated carbocycles. The maximum absolute atomic E-state index is 11.3. The molecule has 0 aliphatic rings. The van der Waals surface area contributed by atoms with E-state index in [1.165, 1.54) is 11.3 Å². The second-order valence-electron chi connectivity index (χ2n) is 2.38. The molecule has 1 aromatic rings. The van der Waals surface area contributed by atoms with Crippen molar-refractivity contribution in [3.63, 3.8) is 0 Å². The lowest BCUT2D eigenvalue weighted by atomic mass is 10.2. The van der Waals surface area contributed by atoms with Crippen LogP contribution in [0.5, 0.6) is 0 Å². The number of Topliss-reactive ketones (excluding diaryl/α,β-unsaturated/α-hetero) is 1. The zero-order chi connectivity index (χ0) is 8.97. The standard InChI is InChI=1S/C8H10ClNOS/c1-10-5-4-6(11)7-2-3-8(9)12-7/h2-3,10H,4-5H2,1H3. The zero-order valence-corrected chi connectivity index (χ0v) is 8.34. The molecule has 66 valence electrons. The zero-order valence-electron chi connectivity index (χ0n) is 6.76. The number of rotatable bonds is 4. The Morgan fingerprint density at radius 3 is 2.92 bits per heavy atom. The van der Waals surface area contributed by atoms with Gasteiger partial charge in [-0.2, -0.15) is 0 Å². The molecule has 0 aromatic carbocycles. The maximum Gasteiger partial charge on any atom is 0.174 e. The van der Waals surface area contributed by atoms with E-state index in [1.807, 2.05) is 7.05 Å². The lowest BCUT2D eigenvalue weighted by molar-refractivity contribution is 0.0987. The van der Waals surface area contributed by atoms with Gasteiger partial charge in [-0.05, 0) is 19.2 Å². The first-order chi connectivity index (χ1) is 5.74. The highest BCUT2D eigenvalue weighted by atomic mass is 35.5. The van der Waals surface area contributed by atoms with Gasteiger partial charge in [0, 0.05) is 13.0 Å². The van der Waals surface area contributed by atoms with E-state index < -0.39 is 0 Å². The summed E-state index contributed by atoms with van der Waals surface area (Å²) in [5.41, 5.74) is 0. The first kappa shape index (κ1) is 9.71. The van der Waals surface area contributed by atoms with Crippen molar-refractivity contribution in [1.82, 2.24) is 5.32 Å². The number of ketones is 1. The lowest BCUT2D eigenvalue weighted by Crippen LogP contribution is -2.12. The molecule has 0 radical (unpaired) electrons. The topological polar surface area (TPSA) is 29.1 Å². The second-order valence-corrected chi connectivity index (χ2v) is 4.10. The number of hydrogen-bond acceptors (Lipinski definition) is 3. The van der Waals surface area contributed by atoms with Crippen LogP contribution < -0.4 is 5.32 Å². The van der Waals surface area contributed by atoms with Gasteiger partial charge in [-0.1, -0.05) is 11.6 Å². The van der Waals surface area contributed by atoms with Crippen molar-refractivity contribution in [2.75, 3.05) is 13.6 Å². The molecular weight excluding hydrogens is 194 g/mol. The average molecular weight is 204 g/mol. The van der Waals surface area contributed by atoms with E-state index in [1.54, 1.807) is 12.1 Å². The molecule has 0 spiro atoms. The third-order valence-electron chi connectivity index (χ3n) is 1.45. The quantitative estimate of drug-likeness (QED) is 0.761. The highest BCUT2D eigenvalue weighted by molar-refractivity contribution is 7.18. The Kier molecular flexibility index (Phi) is 3.72. The van der Waals surface area contributed by atoms with Crippen molar-refractivity contribution in [3.05, 3.63) is 21.3 Å². The summed E-state index contributed by atoms with van der Waals surface area (Å²) in [4.78, 5) is 12.1. The van der Waals surface area contributed by atoms with Gasteiger partial charge in [0.25, 0.3) is 0 Å².